The van der Waals surface area contributed by atoms with Gasteiger partial charge in [0.25, 0.3) is 5.91 Å². The van der Waals surface area contributed by atoms with Gasteiger partial charge in [0.15, 0.2) is 14.6 Å². The van der Waals surface area contributed by atoms with Crippen LogP contribution < -0.4 is 4.80 Å². The smallest absolute Gasteiger partial charge is 0.326 e. The molecule has 7 nitrogen and oxygen atoms in total. The quantitative estimate of drug-likeness (QED) is 0.511. The molecule has 1 aromatic heterocycles. The molecule has 0 N–H and O–H groups in total. The molecular formula is C23H26N2O5S2. The number of carbonyl (C=O) groups excluding carboxylic acids is 2. The van der Waals surface area contributed by atoms with Crippen molar-refractivity contribution < 1.29 is 22.7 Å². The lowest BCUT2D eigenvalue weighted by molar-refractivity contribution is -0.143. The summed E-state index contributed by atoms with van der Waals surface area (Å²) in [6.07, 6.45) is 1.27. The monoisotopic (exact) mass is 474 g/mol. The number of nitrogens with zero attached hydrogens (tertiary/aromatic N) is 2. The first kappa shape index (κ1) is 23.9. The van der Waals surface area contributed by atoms with Crippen molar-refractivity contribution in [2.24, 2.45) is 4.99 Å². The van der Waals surface area contributed by atoms with Gasteiger partial charge in [0, 0.05) is 6.26 Å². The van der Waals surface area contributed by atoms with Crippen LogP contribution in [0, 0.1) is 20.8 Å². The first-order chi connectivity index (χ1) is 15.0. The van der Waals surface area contributed by atoms with Crippen LogP contribution >= 0.6 is 11.3 Å². The maximum absolute atomic E-state index is 12.9. The van der Waals surface area contributed by atoms with E-state index >= 15 is 0 Å². The van der Waals surface area contributed by atoms with Crippen LogP contribution in [-0.4, -0.2) is 37.7 Å². The highest BCUT2D eigenvalue weighted by Crippen LogP contribution is 2.22. The maximum atomic E-state index is 12.9. The Bertz CT molecular complexity index is 1360. The zero-order valence-corrected chi connectivity index (χ0v) is 20.4. The van der Waals surface area contributed by atoms with E-state index in [1.165, 1.54) is 23.5 Å². The Kier molecular flexibility index (Phi) is 7.00. The number of aryl methyl sites for hydroxylation is 3. The van der Waals surface area contributed by atoms with E-state index in [-0.39, 0.29) is 30.4 Å². The molecule has 0 fully saturated rings. The highest BCUT2D eigenvalue weighted by molar-refractivity contribution is 7.90. The highest BCUT2D eigenvalue weighted by Gasteiger charge is 2.16. The predicted molar refractivity (Wildman–Crippen MR) is 124 cm³/mol. The maximum Gasteiger partial charge on any atom is 0.326 e. The molecule has 0 aliphatic carbocycles. The minimum Gasteiger partial charge on any atom is -0.465 e. The normalized spacial score (nSPS) is 12.3. The van der Waals surface area contributed by atoms with Crippen molar-refractivity contribution in [1.82, 2.24) is 4.57 Å². The van der Waals surface area contributed by atoms with Gasteiger partial charge in [-0.3, -0.25) is 9.59 Å². The van der Waals surface area contributed by atoms with E-state index in [4.69, 9.17) is 4.74 Å². The molecule has 0 atom stereocenters. The molecule has 1 heterocycles. The SMILES string of the molecule is CCOC(=O)Cn1c(=NC(=O)Cc2c(C)cc(C)cc2C)sc2cc(S(C)(=O)=O)ccc21. The molecule has 0 spiro atoms. The molecule has 0 aliphatic heterocycles. The second-order valence-corrected chi connectivity index (χ2v) is 10.8. The van der Waals surface area contributed by atoms with Gasteiger partial charge < -0.3 is 9.30 Å². The third-order valence-corrected chi connectivity index (χ3v) is 7.22. The molecule has 32 heavy (non-hydrogen) atoms. The Labute approximate surface area is 191 Å². The molecule has 0 saturated heterocycles. The van der Waals surface area contributed by atoms with Gasteiger partial charge in [-0.1, -0.05) is 29.0 Å². The van der Waals surface area contributed by atoms with Crippen LogP contribution in [0.5, 0.6) is 0 Å². The molecular weight excluding hydrogens is 448 g/mol. The molecule has 0 unspecified atom stereocenters. The average molecular weight is 475 g/mol. The molecule has 9 heteroatoms. The fraction of sp³-hybridized carbons (Fsp3) is 0.348. The number of hydrogen-bond donors (Lipinski definition) is 0. The van der Waals surface area contributed by atoms with Crippen molar-refractivity contribution in [3.63, 3.8) is 0 Å². The van der Waals surface area contributed by atoms with Gasteiger partial charge in [0.1, 0.15) is 6.54 Å². The number of ether oxygens (including phenoxy) is 1. The average Bonchev–Trinajstić information content (AvgIpc) is 3.00. The summed E-state index contributed by atoms with van der Waals surface area (Å²) in [7, 11) is -3.40. The Balaban J connectivity index is 2.09. The molecule has 0 bridgehead atoms. The second kappa shape index (κ2) is 9.38. The van der Waals surface area contributed by atoms with Crippen LogP contribution in [0.3, 0.4) is 0 Å². The van der Waals surface area contributed by atoms with Gasteiger partial charge in [-0.05, 0) is 62.6 Å². The summed E-state index contributed by atoms with van der Waals surface area (Å²) >= 11 is 1.17. The Morgan fingerprint density at radius 2 is 1.75 bits per heavy atom. The lowest BCUT2D eigenvalue weighted by Gasteiger charge is -2.09. The van der Waals surface area contributed by atoms with Crippen LogP contribution in [0.2, 0.25) is 0 Å². The van der Waals surface area contributed by atoms with Crippen molar-refractivity contribution in [3.8, 4) is 0 Å². The molecule has 3 aromatic rings. The minimum absolute atomic E-state index is 0.124. The van der Waals surface area contributed by atoms with Gasteiger partial charge in [-0.25, -0.2) is 8.42 Å². The van der Waals surface area contributed by atoms with Gasteiger partial charge >= 0.3 is 5.97 Å². The fourth-order valence-electron chi connectivity index (χ4n) is 3.64. The van der Waals surface area contributed by atoms with Crippen molar-refractivity contribution >= 4 is 43.3 Å². The van der Waals surface area contributed by atoms with Crippen LogP contribution in [0.15, 0.2) is 40.2 Å². The summed E-state index contributed by atoms with van der Waals surface area (Å²) in [5.74, 6) is -0.800. The third kappa shape index (κ3) is 5.34. The third-order valence-electron chi connectivity index (χ3n) is 5.06. The van der Waals surface area contributed by atoms with E-state index in [2.05, 4.69) is 4.99 Å². The van der Waals surface area contributed by atoms with Gasteiger partial charge in [0.05, 0.1) is 28.1 Å². The molecule has 3 rings (SSSR count). The Morgan fingerprint density at radius 3 is 2.34 bits per heavy atom. The molecule has 2 aromatic carbocycles. The first-order valence-electron chi connectivity index (χ1n) is 10.1. The summed E-state index contributed by atoms with van der Waals surface area (Å²) < 4.78 is 31.2. The van der Waals surface area contributed by atoms with E-state index in [0.717, 1.165) is 28.5 Å². The molecule has 170 valence electrons. The fourth-order valence-corrected chi connectivity index (χ4v) is 5.45. The lowest BCUT2D eigenvalue weighted by Crippen LogP contribution is -2.23. The second-order valence-electron chi connectivity index (χ2n) is 7.74. The van der Waals surface area contributed by atoms with E-state index in [0.29, 0.717) is 15.0 Å². The summed E-state index contributed by atoms with van der Waals surface area (Å²) in [4.78, 5) is 29.8. The van der Waals surface area contributed by atoms with Crippen molar-refractivity contribution in [2.45, 2.75) is 45.6 Å². The van der Waals surface area contributed by atoms with Gasteiger partial charge in [-0.2, -0.15) is 4.99 Å². The standard InChI is InChI=1S/C23H26N2O5S2/c1-6-30-22(27)13-25-19-8-7-17(32(5,28)29)11-20(19)31-23(25)24-21(26)12-18-15(3)9-14(2)10-16(18)4/h7-11H,6,12-13H2,1-5H3. The Hall–Kier alpha value is -2.78. The summed E-state index contributed by atoms with van der Waals surface area (Å²) in [5.41, 5.74) is 4.73. The summed E-state index contributed by atoms with van der Waals surface area (Å²) in [6, 6.07) is 8.70. The number of carbonyl (C=O) groups is 2. The number of hydrogen-bond acceptors (Lipinski definition) is 6. The van der Waals surface area contributed by atoms with Crippen LogP contribution in [0.25, 0.3) is 10.2 Å². The van der Waals surface area contributed by atoms with Crippen molar-refractivity contribution in [3.05, 3.63) is 57.4 Å². The van der Waals surface area contributed by atoms with Gasteiger partial charge in [0.2, 0.25) is 0 Å². The highest BCUT2D eigenvalue weighted by atomic mass is 32.2. The summed E-state index contributed by atoms with van der Waals surface area (Å²) in [6.45, 7) is 7.77. The number of sulfone groups is 1. The number of amides is 1. The number of benzene rings is 2. The minimum atomic E-state index is -3.40. The zero-order valence-electron chi connectivity index (χ0n) is 18.8. The van der Waals surface area contributed by atoms with Crippen molar-refractivity contribution in [2.75, 3.05) is 12.9 Å². The lowest BCUT2D eigenvalue weighted by atomic mass is 9.97. The number of esters is 1. The molecule has 0 saturated carbocycles. The number of thiazole rings is 1. The number of fused-ring (bicyclic) bond motifs is 1. The first-order valence-corrected chi connectivity index (χ1v) is 12.8. The van der Waals surface area contributed by atoms with Crippen LogP contribution in [-0.2, 0) is 37.1 Å². The predicted octanol–water partition coefficient (Wildman–Crippen LogP) is 3.26. The van der Waals surface area contributed by atoms with E-state index in [1.54, 1.807) is 17.6 Å². The van der Waals surface area contributed by atoms with Crippen LogP contribution in [0.1, 0.15) is 29.2 Å². The number of rotatable bonds is 6. The van der Waals surface area contributed by atoms with Gasteiger partial charge in [-0.15, -0.1) is 0 Å². The van der Waals surface area contributed by atoms with E-state index in [1.807, 2.05) is 32.9 Å². The molecule has 0 aliphatic rings. The van der Waals surface area contributed by atoms with E-state index < -0.39 is 15.8 Å². The zero-order chi connectivity index (χ0) is 23.6. The Morgan fingerprint density at radius 1 is 1.09 bits per heavy atom. The van der Waals surface area contributed by atoms with Crippen LogP contribution in [0.4, 0.5) is 0 Å². The molecule has 1 amide bonds. The van der Waals surface area contributed by atoms with E-state index in [9.17, 15) is 18.0 Å². The topological polar surface area (TPSA) is 94.8 Å². The summed E-state index contributed by atoms with van der Waals surface area (Å²) in [5, 5.41) is 0. The number of aromatic nitrogens is 1. The molecule has 0 radical (unpaired) electrons. The largest absolute Gasteiger partial charge is 0.465 e. The van der Waals surface area contributed by atoms with Crippen molar-refractivity contribution in [1.29, 1.82) is 0 Å².